The molecule has 0 aliphatic carbocycles. The van der Waals surface area contributed by atoms with Crippen LogP contribution in [0.25, 0.3) is 22.0 Å². The summed E-state index contributed by atoms with van der Waals surface area (Å²) in [4.78, 5) is 4.51. The first-order valence-electron chi connectivity index (χ1n) is 6.58. The van der Waals surface area contributed by atoms with Gasteiger partial charge < -0.3 is 0 Å². The van der Waals surface area contributed by atoms with Gasteiger partial charge in [0.15, 0.2) is 0 Å². The molecule has 3 heteroatoms. The van der Waals surface area contributed by atoms with E-state index in [9.17, 15) is 0 Å². The molecule has 0 spiro atoms. The van der Waals surface area contributed by atoms with Gasteiger partial charge in [0.1, 0.15) is 15.7 Å². The number of nitrogens with zero attached hydrogens (tertiary/aromatic N) is 1. The van der Waals surface area contributed by atoms with Gasteiger partial charge in [0, 0.05) is 10.9 Å². The summed E-state index contributed by atoms with van der Waals surface area (Å²) in [5, 5.41) is 1.98. The summed E-state index contributed by atoms with van der Waals surface area (Å²) >= 11 is 0. The Morgan fingerprint density at radius 1 is 0.850 bits per heavy atom. The van der Waals surface area contributed by atoms with E-state index in [1.54, 1.807) is 0 Å². The van der Waals surface area contributed by atoms with Crippen molar-refractivity contribution in [1.29, 1.82) is 0 Å². The number of hydrogen-bond donors (Lipinski definition) is 0. The second kappa shape index (κ2) is 4.82. The molecular formula is C17H13B2N. The van der Waals surface area contributed by atoms with Crippen LogP contribution in [0.15, 0.2) is 42.5 Å². The first kappa shape index (κ1) is 13.0. The lowest BCUT2D eigenvalue weighted by Gasteiger charge is -2.13. The van der Waals surface area contributed by atoms with Crippen LogP contribution in [-0.4, -0.2) is 20.7 Å². The van der Waals surface area contributed by atoms with Crippen LogP contribution in [0.3, 0.4) is 0 Å². The smallest absolute Gasteiger partial charge is 0.140 e. The zero-order chi connectivity index (χ0) is 14.3. The highest BCUT2D eigenvalue weighted by Crippen LogP contribution is 2.26. The van der Waals surface area contributed by atoms with Crippen molar-refractivity contribution in [3.05, 3.63) is 53.6 Å². The molecule has 3 aromatic rings. The number of hydrogen-bond acceptors (Lipinski definition) is 1. The van der Waals surface area contributed by atoms with Crippen molar-refractivity contribution in [2.24, 2.45) is 0 Å². The Kier molecular flexibility index (Phi) is 3.13. The lowest BCUT2D eigenvalue weighted by molar-refractivity contribution is 1.35. The second-order valence-corrected chi connectivity index (χ2v) is 5.18. The molecule has 92 valence electrons. The first-order chi connectivity index (χ1) is 9.56. The van der Waals surface area contributed by atoms with E-state index in [4.69, 9.17) is 15.7 Å². The zero-order valence-electron chi connectivity index (χ0n) is 11.6. The minimum absolute atomic E-state index is 0.387. The maximum Gasteiger partial charge on any atom is 0.140 e. The van der Waals surface area contributed by atoms with Gasteiger partial charge in [0.05, 0.1) is 5.69 Å². The molecule has 0 fully saturated rings. The summed E-state index contributed by atoms with van der Waals surface area (Å²) in [6, 6.07) is 14.4. The standard InChI is InChI=1S/C17H13B2N/c1-10-7-11(2)9-12(8-10)16-14-6-4-3-5-13(14)15(18)17(19)20-16/h3-9H,1-2H3. The molecule has 0 aliphatic rings. The summed E-state index contributed by atoms with van der Waals surface area (Å²) in [7, 11) is 12.0. The van der Waals surface area contributed by atoms with Crippen molar-refractivity contribution in [1.82, 2.24) is 4.98 Å². The van der Waals surface area contributed by atoms with Crippen molar-refractivity contribution >= 4 is 37.5 Å². The maximum absolute atomic E-state index is 6.04. The molecule has 1 nitrogen and oxygen atoms in total. The van der Waals surface area contributed by atoms with E-state index in [2.05, 4.69) is 37.0 Å². The van der Waals surface area contributed by atoms with Gasteiger partial charge in [0.25, 0.3) is 0 Å². The van der Waals surface area contributed by atoms with Crippen molar-refractivity contribution < 1.29 is 0 Å². The van der Waals surface area contributed by atoms with E-state index in [-0.39, 0.29) is 0 Å². The molecule has 0 unspecified atom stereocenters. The fourth-order valence-corrected chi connectivity index (χ4v) is 2.63. The largest absolute Gasteiger partial charge is 0.264 e. The molecule has 4 radical (unpaired) electrons. The Balaban J connectivity index is 2.39. The third kappa shape index (κ3) is 2.14. The molecular weight excluding hydrogens is 240 g/mol. The van der Waals surface area contributed by atoms with Gasteiger partial charge in [-0.3, -0.25) is 4.98 Å². The summed E-state index contributed by atoms with van der Waals surface area (Å²) in [5.74, 6) is 0. The predicted molar refractivity (Wildman–Crippen MR) is 87.4 cm³/mol. The summed E-state index contributed by atoms with van der Waals surface area (Å²) < 4.78 is 0. The van der Waals surface area contributed by atoms with E-state index >= 15 is 0 Å². The minimum Gasteiger partial charge on any atom is -0.264 e. The molecule has 0 bridgehead atoms. The quantitative estimate of drug-likeness (QED) is 0.605. The fourth-order valence-electron chi connectivity index (χ4n) is 2.63. The average molecular weight is 253 g/mol. The van der Waals surface area contributed by atoms with E-state index in [1.165, 1.54) is 11.1 Å². The van der Waals surface area contributed by atoms with Gasteiger partial charge in [0.2, 0.25) is 0 Å². The number of rotatable bonds is 1. The number of aromatic nitrogens is 1. The Morgan fingerprint density at radius 2 is 1.45 bits per heavy atom. The predicted octanol–water partition coefficient (Wildman–Crippen LogP) is 2.11. The Hall–Kier alpha value is -2.02. The van der Waals surface area contributed by atoms with Crippen LogP contribution in [0, 0.1) is 13.8 Å². The second-order valence-electron chi connectivity index (χ2n) is 5.18. The van der Waals surface area contributed by atoms with E-state index in [0.717, 1.165) is 22.0 Å². The van der Waals surface area contributed by atoms with Gasteiger partial charge in [-0.25, -0.2) is 0 Å². The summed E-state index contributed by atoms with van der Waals surface area (Å²) in [6.45, 7) is 4.17. The maximum atomic E-state index is 6.04. The summed E-state index contributed by atoms with van der Waals surface area (Å²) in [6.07, 6.45) is 0. The van der Waals surface area contributed by atoms with E-state index in [0.29, 0.717) is 11.1 Å². The van der Waals surface area contributed by atoms with Crippen molar-refractivity contribution in [2.75, 3.05) is 0 Å². The normalized spacial score (nSPS) is 10.9. The zero-order valence-corrected chi connectivity index (χ0v) is 11.6. The molecule has 0 aliphatic heterocycles. The summed E-state index contributed by atoms with van der Waals surface area (Å²) in [5.41, 5.74) is 5.32. The van der Waals surface area contributed by atoms with Gasteiger partial charge >= 0.3 is 0 Å². The van der Waals surface area contributed by atoms with Gasteiger partial charge in [-0.2, -0.15) is 0 Å². The SMILES string of the molecule is [B]c1nc(-c2cc(C)cc(C)c2)c2ccccc2c1[B]. The molecule has 0 saturated heterocycles. The molecule has 0 N–H and O–H groups in total. The molecule has 0 amide bonds. The van der Waals surface area contributed by atoms with Gasteiger partial charge in [-0.05, 0) is 37.0 Å². The first-order valence-corrected chi connectivity index (χ1v) is 6.58. The molecule has 1 aromatic heterocycles. The monoisotopic (exact) mass is 253 g/mol. The number of aryl methyl sites for hydroxylation is 2. The van der Waals surface area contributed by atoms with E-state index in [1.807, 2.05) is 24.3 Å². The van der Waals surface area contributed by atoms with E-state index < -0.39 is 0 Å². The molecule has 3 rings (SSSR count). The van der Waals surface area contributed by atoms with Crippen LogP contribution in [0.5, 0.6) is 0 Å². The fraction of sp³-hybridized carbons (Fsp3) is 0.118. The Labute approximate surface area is 121 Å². The lowest BCUT2D eigenvalue weighted by Crippen LogP contribution is -2.30. The van der Waals surface area contributed by atoms with Crippen molar-refractivity contribution in [3.63, 3.8) is 0 Å². The highest BCUT2D eigenvalue weighted by atomic mass is 14.7. The van der Waals surface area contributed by atoms with Gasteiger partial charge in [-0.15, -0.1) is 0 Å². The Bertz CT molecular complexity index is 789. The molecule has 2 aromatic carbocycles. The molecule has 0 saturated carbocycles. The van der Waals surface area contributed by atoms with Crippen LogP contribution in [0.2, 0.25) is 0 Å². The van der Waals surface area contributed by atoms with Gasteiger partial charge in [-0.1, -0.05) is 46.9 Å². The van der Waals surface area contributed by atoms with Crippen LogP contribution < -0.4 is 11.1 Å². The average Bonchev–Trinajstić information content (AvgIpc) is 2.42. The van der Waals surface area contributed by atoms with Crippen LogP contribution in [0.4, 0.5) is 0 Å². The van der Waals surface area contributed by atoms with Crippen molar-refractivity contribution in [3.8, 4) is 11.3 Å². The van der Waals surface area contributed by atoms with Crippen molar-refractivity contribution in [2.45, 2.75) is 13.8 Å². The number of fused-ring (bicyclic) bond motifs is 1. The number of pyridine rings is 1. The third-order valence-corrected chi connectivity index (χ3v) is 3.48. The minimum atomic E-state index is 0.387. The molecule has 1 heterocycles. The highest BCUT2D eigenvalue weighted by molar-refractivity contribution is 6.52. The molecule has 0 atom stereocenters. The van der Waals surface area contributed by atoms with Crippen LogP contribution >= 0.6 is 0 Å². The topological polar surface area (TPSA) is 12.9 Å². The Morgan fingerprint density at radius 3 is 2.10 bits per heavy atom. The molecule has 20 heavy (non-hydrogen) atoms. The van der Waals surface area contributed by atoms with Crippen LogP contribution in [0.1, 0.15) is 11.1 Å². The third-order valence-electron chi connectivity index (χ3n) is 3.48. The van der Waals surface area contributed by atoms with Crippen LogP contribution in [-0.2, 0) is 0 Å². The highest BCUT2D eigenvalue weighted by Gasteiger charge is 2.10. The lowest BCUT2D eigenvalue weighted by atomic mass is 9.80. The number of benzene rings is 2.